The summed E-state index contributed by atoms with van der Waals surface area (Å²) in [6.45, 7) is 0. The Balaban J connectivity index is 3.35. The number of hydrogen-bond acceptors (Lipinski definition) is 3. The zero-order chi connectivity index (χ0) is 11.6. The molecule has 2 N–H and O–H groups in total. The summed E-state index contributed by atoms with van der Waals surface area (Å²) < 4.78 is 42.1. The number of halogens is 3. The van der Waals surface area contributed by atoms with E-state index in [2.05, 4.69) is 9.72 Å². The van der Waals surface area contributed by atoms with Crippen LogP contribution in [0.1, 0.15) is 22.5 Å². The smallest absolute Gasteiger partial charge is 0.284 e. The third-order valence-corrected chi connectivity index (χ3v) is 1.66. The lowest BCUT2D eigenvalue weighted by Crippen LogP contribution is -2.15. The molecule has 7 heteroatoms. The number of primary amides is 1. The number of methoxy groups -OCH3 is 1. The number of carbonyl (C=O) groups excluding carboxylic acids is 1. The summed E-state index contributed by atoms with van der Waals surface area (Å²) in [6.07, 6.45) is -2.99. The Labute approximate surface area is 82.9 Å². The fraction of sp³-hybridized carbons (Fsp3) is 0.250. The van der Waals surface area contributed by atoms with Gasteiger partial charge in [-0.3, -0.25) is 4.79 Å². The van der Waals surface area contributed by atoms with Crippen LogP contribution in [0.4, 0.5) is 13.2 Å². The van der Waals surface area contributed by atoms with E-state index in [1.165, 1.54) is 0 Å². The third-order valence-electron chi connectivity index (χ3n) is 1.66. The summed E-state index contributed by atoms with van der Waals surface area (Å²) in [6, 6.07) is 0.798. The van der Waals surface area contributed by atoms with Crippen LogP contribution < -0.4 is 10.5 Å². The second-order valence-electron chi connectivity index (χ2n) is 2.58. The van der Waals surface area contributed by atoms with Crippen molar-refractivity contribution < 1.29 is 22.7 Å². The van der Waals surface area contributed by atoms with Crippen LogP contribution in [0, 0.1) is 5.95 Å². The first-order valence-electron chi connectivity index (χ1n) is 3.79. The molecule has 1 amide bonds. The largest absolute Gasteiger partial charge is 0.495 e. The normalized spacial score (nSPS) is 10.5. The maximum absolute atomic E-state index is 13.0. The number of nitrogens with zero attached hydrogens (tertiary/aromatic N) is 1. The zero-order valence-electron chi connectivity index (χ0n) is 7.63. The molecule has 0 unspecified atom stereocenters. The standard InChI is InChI=1S/C8H7F3N2O2/c1-15-4-2-3(8(12)14)7(11)13-5(4)6(9)10/h2,6H,1H3,(H2,12,14). The first-order valence-corrected chi connectivity index (χ1v) is 3.79. The van der Waals surface area contributed by atoms with E-state index in [-0.39, 0.29) is 5.75 Å². The lowest BCUT2D eigenvalue weighted by atomic mass is 10.2. The first kappa shape index (κ1) is 11.3. The van der Waals surface area contributed by atoms with Gasteiger partial charge in [-0.1, -0.05) is 0 Å². The van der Waals surface area contributed by atoms with E-state index in [0.29, 0.717) is 0 Å². The second kappa shape index (κ2) is 4.16. The minimum atomic E-state index is -2.99. The molecule has 0 saturated carbocycles. The number of carbonyl (C=O) groups is 1. The molecule has 0 bridgehead atoms. The predicted molar refractivity (Wildman–Crippen MR) is 44.2 cm³/mol. The van der Waals surface area contributed by atoms with Crippen molar-refractivity contribution in [1.29, 1.82) is 0 Å². The van der Waals surface area contributed by atoms with Crippen LogP contribution in [0.15, 0.2) is 6.07 Å². The molecule has 15 heavy (non-hydrogen) atoms. The van der Waals surface area contributed by atoms with E-state index in [4.69, 9.17) is 5.73 Å². The Bertz CT molecular complexity index is 396. The highest BCUT2D eigenvalue weighted by Crippen LogP contribution is 2.28. The van der Waals surface area contributed by atoms with Crippen LogP contribution in [0.5, 0.6) is 5.75 Å². The van der Waals surface area contributed by atoms with E-state index < -0.39 is 29.5 Å². The fourth-order valence-corrected chi connectivity index (χ4v) is 0.978. The van der Waals surface area contributed by atoms with Crippen molar-refractivity contribution in [3.8, 4) is 5.75 Å². The van der Waals surface area contributed by atoms with Crippen molar-refractivity contribution in [1.82, 2.24) is 4.98 Å². The van der Waals surface area contributed by atoms with Crippen LogP contribution in [-0.2, 0) is 0 Å². The molecule has 0 radical (unpaired) electrons. The number of aromatic nitrogens is 1. The third kappa shape index (κ3) is 2.17. The molecule has 0 atom stereocenters. The molecule has 4 nitrogen and oxygen atoms in total. The summed E-state index contributed by atoms with van der Waals surface area (Å²) in [4.78, 5) is 13.6. The summed E-state index contributed by atoms with van der Waals surface area (Å²) >= 11 is 0. The molecule has 0 fully saturated rings. The van der Waals surface area contributed by atoms with Crippen molar-refractivity contribution >= 4 is 5.91 Å². The molecule has 0 aliphatic rings. The summed E-state index contributed by atoms with van der Waals surface area (Å²) in [5.74, 6) is -2.81. The van der Waals surface area contributed by atoms with Gasteiger partial charge in [0.2, 0.25) is 5.95 Å². The molecule has 1 rings (SSSR count). The highest BCUT2D eigenvalue weighted by Gasteiger charge is 2.21. The molecule has 0 aliphatic heterocycles. The van der Waals surface area contributed by atoms with Gasteiger partial charge in [0.15, 0.2) is 5.69 Å². The van der Waals surface area contributed by atoms with Gasteiger partial charge in [0, 0.05) is 0 Å². The van der Waals surface area contributed by atoms with Gasteiger partial charge >= 0.3 is 0 Å². The maximum Gasteiger partial charge on any atom is 0.284 e. The molecule has 0 spiro atoms. The molecule has 82 valence electrons. The van der Waals surface area contributed by atoms with E-state index in [0.717, 1.165) is 13.2 Å². The molecule has 0 saturated heterocycles. The SMILES string of the molecule is COc1cc(C(N)=O)c(F)nc1C(F)F. The number of hydrogen-bond donors (Lipinski definition) is 1. The Hall–Kier alpha value is -1.79. The predicted octanol–water partition coefficient (Wildman–Crippen LogP) is 1.27. The lowest BCUT2D eigenvalue weighted by molar-refractivity contribution is 0.0992. The molecule has 1 heterocycles. The van der Waals surface area contributed by atoms with Crippen LogP contribution >= 0.6 is 0 Å². The molecular weight excluding hydrogens is 213 g/mol. The average molecular weight is 220 g/mol. The van der Waals surface area contributed by atoms with Crippen molar-refractivity contribution in [2.24, 2.45) is 5.73 Å². The van der Waals surface area contributed by atoms with Gasteiger partial charge in [0.05, 0.1) is 12.7 Å². The second-order valence-corrected chi connectivity index (χ2v) is 2.58. The number of alkyl halides is 2. The van der Waals surface area contributed by atoms with Gasteiger partial charge in [-0.15, -0.1) is 0 Å². The Morgan fingerprint density at radius 1 is 1.60 bits per heavy atom. The van der Waals surface area contributed by atoms with E-state index in [9.17, 15) is 18.0 Å². The maximum atomic E-state index is 13.0. The number of pyridine rings is 1. The van der Waals surface area contributed by atoms with E-state index in [1.807, 2.05) is 0 Å². The molecule has 1 aromatic rings. The topological polar surface area (TPSA) is 65.2 Å². The van der Waals surface area contributed by atoms with Crippen LogP contribution in [0.2, 0.25) is 0 Å². The summed E-state index contributed by atoms with van der Waals surface area (Å²) in [5, 5.41) is 0. The molecule has 0 aliphatic carbocycles. The average Bonchev–Trinajstić information content (AvgIpc) is 2.16. The number of ether oxygens (including phenoxy) is 1. The van der Waals surface area contributed by atoms with Crippen molar-refractivity contribution in [2.45, 2.75) is 6.43 Å². The lowest BCUT2D eigenvalue weighted by Gasteiger charge is -2.08. The van der Waals surface area contributed by atoms with Gasteiger partial charge < -0.3 is 10.5 Å². The fourth-order valence-electron chi connectivity index (χ4n) is 0.978. The van der Waals surface area contributed by atoms with Crippen molar-refractivity contribution in [2.75, 3.05) is 7.11 Å². The zero-order valence-corrected chi connectivity index (χ0v) is 7.63. The highest BCUT2D eigenvalue weighted by atomic mass is 19.3. The van der Waals surface area contributed by atoms with Gasteiger partial charge in [0.1, 0.15) is 5.75 Å². The summed E-state index contributed by atoms with van der Waals surface area (Å²) in [7, 11) is 1.10. The minimum Gasteiger partial charge on any atom is -0.495 e. The Morgan fingerprint density at radius 2 is 2.20 bits per heavy atom. The molecule has 0 aromatic carbocycles. The van der Waals surface area contributed by atoms with Crippen LogP contribution in [-0.4, -0.2) is 18.0 Å². The van der Waals surface area contributed by atoms with Gasteiger partial charge in [-0.25, -0.2) is 13.8 Å². The first-order chi connectivity index (χ1) is 6.97. The number of nitrogens with two attached hydrogens (primary N) is 1. The van der Waals surface area contributed by atoms with Gasteiger partial charge in [-0.2, -0.15) is 4.39 Å². The number of rotatable bonds is 3. The van der Waals surface area contributed by atoms with Crippen LogP contribution in [0.25, 0.3) is 0 Å². The van der Waals surface area contributed by atoms with E-state index in [1.54, 1.807) is 0 Å². The highest BCUT2D eigenvalue weighted by molar-refractivity contribution is 5.93. The van der Waals surface area contributed by atoms with Crippen molar-refractivity contribution in [3.05, 3.63) is 23.3 Å². The quantitative estimate of drug-likeness (QED) is 0.780. The monoisotopic (exact) mass is 220 g/mol. The Morgan fingerprint density at radius 3 is 2.60 bits per heavy atom. The minimum absolute atomic E-state index is 0.375. The summed E-state index contributed by atoms with van der Waals surface area (Å²) in [5.41, 5.74) is 3.35. The number of amides is 1. The van der Waals surface area contributed by atoms with E-state index >= 15 is 0 Å². The molecule has 1 aromatic heterocycles. The Kier molecular flexibility index (Phi) is 3.13. The van der Waals surface area contributed by atoms with Gasteiger partial charge in [0.25, 0.3) is 12.3 Å². The van der Waals surface area contributed by atoms with Crippen LogP contribution in [0.3, 0.4) is 0 Å². The molecular formula is C8H7F3N2O2. The van der Waals surface area contributed by atoms with Crippen molar-refractivity contribution in [3.63, 3.8) is 0 Å². The van der Waals surface area contributed by atoms with Gasteiger partial charge in [-0.05, 0) is 6.07 Å².